The minimum Gasteiger partial charge on any atom is -0.497 e. The number of benzene rings is 1. The monoisotopic (exact) mass is 364 g/mol. The van der Waals surface area contributed by atoms with Gasteiger partial charge in [-0.1, -0.05) is 12.1 Å². The molecule has 0 aliphatic heterocycles. The molecule has 1 aromatic carbocycles. The maximum atomic E-state index is 5.26. The van der Waals surface area contributed by atoms with E-state index >= 15 is 0 Å². The predicted molar refractivity (Wildman–Crippen MR) is 106 cm³/mol. The average Bonchev–Trinajstić information content (AvgIpc) is 3.25. The standard InChI is InChI=1S/C20H24N6O/c1-3-21-20(23-14-16-6-4-7-18(12-16)27-2)24-15-17-8-10-22-19(13-17)26-11-5-9-25-26/h4-13H,3,14-15H2,1-2H3,(H2,21,23,24). The van der Waals surface area contributed by atoms with Crippen molar-refractivity contribution in [3.63, 3.8) is 0 Å². The normalized spacial score (nSPS) is 11.3. The van der Waals surface area contributed by atoms with Crippen LogP contribution in [0.25, 0.3) is 5.82 Å². The van der Waals surface area contributed by atoms with Gasteiger partial charge in [0.05, 0.1) is 13.7 Å². The van der Waals surface area contributed by atoms with E-state index in [1.165, 1.54) is 0 Å². The van der Waals surface area contributed by atoms with Crippen molar-refractivity contribution in [2.75, 3.05) is 13.7 Å². The summed E-state index contributed by atoms with van der Waals surface area (Å²) in [5.74, 6) is 2.39. The molecule has 7 heteroatoms. The van der Waals surface area contributed by atoms with E-state index in [4.69, 9.17) is 4.74 Å². The minimum absolute atomic E-state index is 0.571. The fraction of sp³-hybridized carbons (Fsp3) is 0.250. The van der Waals surface area contributed by atoms with E-state index < -0.39 is 0 Å². The molecule has 2 N–H and O–H groups in total. The smallest absolute Gasteiger partial charge is 0.191 e. The molecule has 0 atom stereocenters. The second-order valence-corrected chi connectivity index (χ2v) is 5.87. The number of aliphatic imine (C=N–C) groups is 1. The highest BCUT2D eigenvalue weighted by atomic mass is 16.5. The molecule has 140 valence electrons. The van der Waals surface area contributed by atoms with E-state index in [1.807, 2.05) is 55.6 Å². The van der Waals surface area contributed by atoms with Crippen molar-refractivity contribution in [3.05, 3.63) is 72.2 Å². The number of nitrogens with one attached hydrogen (secondary N) is 2. The van der Waals surface area contributed by atoms with Crippen molar-refractivity contribution in [3.8, 4) is 11.6 Å². The average molecular weight is 364 g/mol. The summed E-state index contributed by atoms with van der Waals surface area (Å²) >= 11 is 0. The van der Waals surface area contributed by atoms with Gasteiger partial charge in [-0.25, -0.2) is 14.7 Å². The van der Waals surface area contributed by atoms with Crippen LogP contribution in [0.15, 0.2) is 66.0 Å². The third-order valence-electron chi connectivity index (χ3n) is 3.91. The molecule has 2 heterocycles. The first-order valence-corrected chi connectivity index (χ1v) is 8.88. The van der Waals surface area contributed by atoms with E-state index in [1.54, 1.807) is 24.2 Å². The lowest BCUT2D eigenvalue weighted by Gasteiger charge is -2.12. The SMILES string of the molecule is CCNC(=NCc1cccc(OC)c1)NCc1ccnc(-n2cccn2)c1. The number of rotatable bonds is 7. The number of aromatic nitrogens is 3. The Morgan fingerprint density at radius 1 is 1.11 bits per heavy atom. The second-order valence-electron chi connectivity index (χ2n) is 5.87. The molecule has 0 spiro atoms. The van der Waals surface area contributed by atoms with Gasteiger partial charge in [0.25, 0.3) is 0 Å². The molecule has 0 aliphatic rings. The molecule has 2 aromatic heterocycles. The quantitative estimate of drug-likeness (QED) is 0.498. The van der Waals surface area contributed by atoms with Gasteiger partial charge in [-0.05, 0) is 48.4 Å². The lowest BCUT2D eigenvalue weighted by Crippen LogP contribution is -2.36. The number of guanidine groups is 1. The summed E-state index contributed by atoms with van der Waals surface area (Å²) in [5.41, 5.74) is 2.19. The van der Waals surface area contributed by atoms with E-state index in [0.29, 0.717) is 13.1 Å². The van der Waals surface area contributed by atoms with Crippen LogP contribution in [-0.4, -0.2) is 34.4 Å². The first-order valence-electron chi connectivity index (χ1n) is 8.88. The Hall–Kier alpha value is -3.35. The van der Waals surface area contributed by atoms with Crippen LogP contribution in [0.4, 0.5) is 0 Å². The Morgan fingerprint density at radius 3 is 2.81 bits per heavy atom. The molecule has 27 heavy (non-hydrogen) atoms. The number of hydrogen-bond donors (Lipinski definition) is 2. The van der Waals surface area contributed by atoms with Crippen LogP contribution in [0.1, 0.15) is 18.1 Å². The van der Waals surface area contributed by atoms with Crippen molar-refractivity contribution in [1.29, 1.82) is 0 Å². The maximum absolute atomic E-state index is 5.26. The highest BCUT2D eigenvalue weighted by molar-refractivity contribution is 5.79. The lowest BCUT2D eigenvalue weighted by molar-refractivity contribution is 0.414. The van der Waals surface area contributed by atoms with Gasteiger partial charge in [-0.15, -0.1) is 0 Å². The highest BCUT2D eigenvalue weighted by Gasteiger charge is 2.03. The van der Waals surface area contributed by atoms with Crippen molar-refractivity contribution in [1.82, 2.24) is 25.4 Å². The number of methoxy groups -OCH3 is 1. The van der Waals surface area contributed by atoms with E-state index in [-0.39, 0.29) is 0 Å². The first-order chi connectivity index (χ1) is 13.3. The Balaban J connectivity index is 1.65. The van der Waals surface area contributed by atoms with Crippen LogP contribution in [0.3, 0.4) is 0 Å². The van der Waals surface area contributed by atoms with Crippen LogP contribution < -0.4 is 15.4 Å². The fourth-order valence-electron chi connectivity index (χ4n) is 2.57. The number of pyridine rings is 1. The van der Waals surface area contributed by atoms with Gasteiger partial charge >= 0.3 is 0 Å². The Morgan fingerprint density at radius 2 is 2.04 bits per heavy atom. The van der Waals surface area contributed by atoms with Crippen molar-refractivity contribution in [2.24, 2.45) is 4.99 Å². The number of hydrogen-bond acceptors (Lipinski definition) is 4. The Labute approximate surface area is 159 Å². The summed E-state index contributed by atoms with van der Waals surface area (Å²) in [5, 5.41) is 10.8. The molecular formula is C20H24N6O. The van der Waals surface area contributed by atoms with Gasteiger partial charge in [-0.3, -0.25) is 0 Å². The van der Waals surface area contributed by atoms with E-state index in [2.05, 4.69) is 25.7 Å². The van der Waals surface area contributed by atoms with Gasteiger partial charge < -0.3 is 15.4 Å². The Bertz CT molecular complexity index is 876. The van der Waals surface area contributed by atoms with Crippen LogP contribution >= 0.6 is 0 Å². The van der Waals surface area contributed by atoms with Gasteiger partial charge in [0.2, 0.25) is 0 Å². The largest absolute Gasteiger partial charge is 0.497 e. The maximum Gasteiger partial charge on any atom is 0.191 e. The second kappa shape index (κ2) is 9.38. The van der Waals surface area contributed by atoms with Crippen molar-refractivity contribution >= 4 is 5.96 Å². The predicted octanol–water partition coefficient (Wildman–Crippen LogP) is 2.53. The summed E-state index contributed by atoms with van der Waals surface area (Å²) in [4.78, 5) is 9.00. The van der Waals surface area contributed by atoms with E-state index in [0.717, 1.165) is 35.2 Å². The molecule has 7 nitrogen and oxygen atoms in total. The summed E-state index contributed by atoms with van der Waals surface area (Å²) < 4.78 is 7.01. The molecule has 0 unspecified atom stereocenters. The molecule has 0 saturated carbocycles. The zero-order valence-corrected chi connectivity index (χ0v) is 15.6. The molecule has 0 fully saturated rings. The van der Waals surface area contributed by atoms with Gasteiger partial charge in [0.1, 0.15) is 5.75 Å². The van der Waals surface area contributed by atoms with Crippen LogP contribution in [0.2, 0.25) is 0 Å². The topological polar surface area (TPSA) is 76.4 Å². The van der Waals surface area contributed by atoms with Gasteiger partial charge in [0, 0.05) is 31.7 Å². The summed E-state index contributed by atoms with van der Waals surface area (Å²) in [6.07, 6.45) is 5.40. The zero-order chi connectivity index (χ0) is 18.9. The third-order valence-corrected chi connectivity index (χ3v) is 3.91. The van der Waals surface area contributed by atoms with Crippen LogP contribution in [0.5, 0.6) is 5.75 Å². The molecule has 0 bridgehead atoms. The third kappa shape index (κ3) is 5.31. The molecule has 0 amide bonds. The van der Waals surface area contributed by atoms with Crippen molar-refractivity contribution in [2.45, 2.75) is 20.0 Å². The summed E-state index contributed by atoms with van der Waals surface area (Å²) in [6, 6.07) is 13.8. The fourth-order valence-corrected chi connectivity index (χ4v) is 2.57. The number of nitrogens with zero attached hydrogens (tertiary/aromatic N) is 4. The molecular weight excluding hydrogens is 340 g/mol. The number of ether oxygens (including phenoxy) is 1. The van der Waals surface area contributed by atoms with Crippen molar-refractivity contribution < 1.29 is 4.74 Å². The van der Waals surface area contributed by atoms with Gasteiger partial charge in [0.15, 0.2) is 11.8 Å². The lowest BCUT2D eigenvalue weighted by atomic mass is 10.2. The molecule has 0 radical (unpaired) electrons. The summed E-state index contributed by atoms with van der Waals surface area (Å²) in [6.45, 7) is 4.05. The molecule has 3 rings (SSSR count). The Kier molecular flexibility index (Phi) is 6.40. The zero-order valence-electron chi connectivity index (χ0n) is 15.6. The minimum atomic E-state index is 0.571. The first kappa shape index (κ1) is 18.4. The summed E-state index contributed by atoms with van der Waals surface area (Å²) in [7, 11) is 1.67. The molecule has 0 aliphatic carbocycles. The highest BCUT2D eigenvalue weighted by Crippen LogP contribution is 2.13. The van der Waals surface area contributed by atoms with Crippen LogP contribution in [-0.2, 0) is 13.1 Å². The van der Waals surface area contributed by atoms with E-state index in [9.17, 15) is 0 Å². The molecule has 3 aromatic rings. The molecule has 0 saturated heterocycles. The van der Waals surface area contributed by atoms with Crippen LogP contribution in [0, 0.1) is 0 Å². The van der Waals surface area contributed by atoms with Gasteiger partial charge in [-0.2, -0.15) is 5.10 Å².